The van der Waals surface area contributed by atoms with Crippen molar-refractivity contribution in [3.8, 4) is 6.01 Å². The molecule has 1 aromatic rings. The van der Waals surface area contributed by atoms with Gasteiger partial charge in [0.25, 0.3) is 5.91 Å². The van der Waals surface area contributed by atoms with Gasteiger partial charge in [-0.25, -0.2) is 9.89 Å². The van der Waals surface area contributed by atoms with Crippen LogP contribution in [0, 0.1) is 0 Å². The van der Waals surface area contributed by atoms with E-state index in [0.717, 1.165) is 4.90 Å². The van der Waals surface area contributed by atoms with Gasteiger partial charge in [0.2, 0.25) is 11.9 Å². The molecule has 0 spiro atoms. The first-order valence-electron chi connectivity index (χ1n) is 6.30. The van der Waals surface area contributed by atoms with Crippen molar-refractivity contribution in [2.75, 3.05) is 19.0 Å². The molecule has 1 fully saturated rings. The van der Waals surface area contributed by atoms with Gasteiger partial charge in [0.1, 0.15) is 12.1 Å². The first-order chi connectivity index (χ1) is 9.89. The van der Waals surface area contributed by atoms with Gasteiger partial charge >= 0.3 is 12.0 Å². The number of aromatic amines is 1. The number of methoxy groups -OCH3 is 1. The highest BCUT2D eigenvalue weighted by atomic mass is 16.5. The third kappa shape index (κ3) is 2.78. The summed E-state index contributed by atoms with van der Waals surface area (Å²) in [6.07, 6.45) is 0.439. The van der Waals surface area contributed by atoms with Crippen molar-refractivity contribution in [2.24, 2.45) is 0 Å². The molecule has 0 saturated carbocycles. The number of carbonyl (C=O) groups excluding carboxylic acids is 3. The first-order valence-corrected chi connectivity index (χ1v) is 6.30. The second kappa shape index (κ2) is 5.38. The number of anilines is 1. The molecule has 1 unspecified atom stereocenters. The van der Waals surface area contributed by atoms with Crippen LogP contribution in [0.5, 0.6) is 6.01 Å². The minimum absolute atomic E-state index is 0.0684. The van der Waals surface area contributed by atoms with Crippen LogP contribution in [0.1, 0.15) is 20.3 Å². The molecule has 1 aliphatic heterocycles. The molecule has 1 atom stereocenters. The van der Waals surface area contributed by atoms with E-state index in [2.05, 4.69) is 25.8 Å². The lowest BCUT2D eigenvalue weighted by Gasteiger charge is -2.18. The van der Waals surface area contributed by atoms with Gasteiger partial charge in [0.15, 0.2) is 0 Å². The van der Waals surface area contributed by atoms with Gasteiger partial charge in [-0.1, -0.05) is 6.92 Å². The van der Waals surface area contributed by atoms with Crippen LogP contribution in [0.4, 0.5) is 10.7 Å². The number of imide groups is 1. The van der Waals surface area contributed by atoms with E-state index in [1.54, 1.807) is 13.8 Å². The highest BCUT2D eigenvalue weighted by Crippen LogP contribution is 2.20. The fraction of sp³-hybridized carbons (Fsp3) is 0.545. The summed E-state index contributed by atoms with van der Waals surface area (Å²) in [5.41, 5.74) is -0.965. The number of H-pyrrole nitrogens is 1. The molecular formula is C11H16N6O4. The lowest BCUT2D eigenvalue weighted by atomic mass is 9.99. The van der Waals surface area contributed by atoms with E-state index in [0.29, 0.717) is 6.42 Å². The zero-order valence-corrected chi connectivity index (χ0v) is 11.9. The summed E-state index contributed by atoms with van der Waals surface area (Å²) in [5.74, 6) is -0.930. The average molecular weight is 296 g/mol. The predicted octanol–water partition coefficient (Wildman–Crippen LogP) is -0.528. The highest BCUT2D eigenvalue weighted by molar-refractivity contribution is 6.09. The van der Waals surface area contributed by atoms with Crippen molar-refractivity contribution in [3.05, 3.63) is 0 Å². The van der Waals surface area contributed by atoms with Gasteiger partial charge < -0.3 is 10.1 Å². The van der Waals surface area contributed by atoms with Gasteiger partial charge in [0, 0.05) is 0 Å². The first kappa shape index (κ1) is 14.8. The Morgan fingerprint density at radius 2 is 2.19 bits per heavy atom. The highest BCUT2D eigenvalue weighted by Gasteiger charge is 2.46. The Kier molecular flexibility index (Phi) is 3.78. The number of urea groups is 1. The maximum atomic E-state index is 12.1. The molecule has 3 N–H and O–H groups in total. The molecular weight excluding hydrogens is 280 g/mol. The Labute approximate surface area is 120 Å². The summed E-state index contributed by atoms with van der Waals surface area (Å²) in [6.45, 7) is 3.00. The number of nitrogens with one attached hydrogen (secondary N) is 3. The van der Waals surface area contributed by atoms with Gasteiger partial charge in [-0.3, -0.25) is 19.8 Å². The Bertz CT molecular complexity index is 585. The molecule has 1 saturated heterocycles. The van der Waals surface area contributed by atoms with Crippen molar-refractivity contribution >= 4 is 23.8 Å². The lowest BCUT2D eigenvalue weighted by molar-refractivity contribution is -0.133. The molecule has 21 heavy (non-hydrogen) atoms. The van der Waals surface area contributed by atoms with E-state index in [4.69, 9.17) is 4.74 Å². The van der Waals surface area contributed by atoms with Crippen molar-refractivity contribution in [1.29, 1.82) is 0 Å². The van der Waals surface area contributed by atoms with E-state index in [9.17, 15) is 14.4 Å². The minimum Gasteiger partial charge on any atom is -0.466 e. The molecule has 0 aliphatic carbocycles. The van der Waals surface area contributed by atoms with Crippen LogP contribution in [0.3, 0.4) is 0 Å². The third-order valence-corrected chi connectivity index (χ3v) is 3.26. The number of ether oxygens (including phenoxy) is 1. The number of hydrogen-bond acceptors (Lipinski definition) is 6. The molecule has 10 nitrogen and oxygen atoms in total. The van der Waals surface area contributed by atoms with Crippen molar-refractivity contribution in [2.45, 2.75) is 25.8 Å². The molecule has 2 heterocycles. The van der Waals surface area contributed by atoms with E-state index in [1.165, 1.54) is 7.11 Å². The van der Waals surface area contributed by atoms with E-state index >= 15 is 0 Å². The standard InChI is InChI=1S/C11H16N6O4/c1-4-11(2)7(19)17(10(20)14-11)5-6(18)12-8-13-9(21-3)16-15-8/h4-5H2,1-3H3,(H,14,20)(H2,12,13,15,16,18). The Morgan fingerprint density at radius 1 is 1.48 bits per heavy atom. The van der Waals surface area contributed by atoms with Crippen LogP contribution in [-0.2, 0) is 9.59 Å². The third-order valence-electron chi connectivity index (χ3n) is 3.26. The van der Waals surface area contributed by atoms with Crippen molar-refractivity contribution in [1.82, 2.24) is 25.4 Å². The van der Waals surface area contributed by atoms with Gasteiger partial charge in [0.05, 0.1) is 7.11 Å². The summed E-state index contributed by atoms with van der Waals surface area (Å²) in [6, 6.07) is -0.520. The van der Waals surface area contributed by atoms with Gasteiger partial charge in [-0.2, -0.15) is 4.98 Å². The smallest absolute Gasteiger partial charge is 0.336 e. The molecule has 0 bridgehead atoms. The fourth-order valence-corrected chi connectivity index (χ4v) is 1.84. The summed E-state index contributed by atoms with van der Waals surface area (Å²) in [4.78, 5) is 40.4. The SMILES string of the molecule is CCC1(C)NC(=O)N(CC(=O)Nc2nc(OC)n[nH]2)C1=O. The van der Waals surface area contributed by atoms with Crippen LogP contribution < -0.4 is 15.4 Å². The van der Waals surface area contributed by atoms with Crippen LogP contribution in [0.25, 0.3) is 0 Å². The number of nitrogens with zero attached hydrogens (tertiary/aromatic N) is 3. The molecule has 0 aromatic carbocycles. The van der Waals surface area contributed by atoms with E-state index in [-0.39, 0.29) is 12.0 Å². The second-order valence-electron chi connectivity index (χ2n) is 4.73. The van der Waals surface area contributed by atoms with Crippen LogP contribution in [0.2, 0.25) is 0 Å². The number of hydrogen-bond donors (Lipinski definition) is 3. The van der Waals surface area contributed by atoms with Crippen molar-refractivity contribution in [3.63, 3.8) is 0 Å². The summed E-state index contributed by atoms with van der Waals surface area (Å²) >= 11 is 0. The molecule has 1 aromatic heterocycles. The number of rotatable bonds is 5. The zero-order chi connectivity index (χ0) is 15.6. The average Bonchev–Trinajstić information content (AvgIpc) is 2.98. The maximum absolute atomic E-state index is 12.1. The number of aromatic nitrogens is 3. The van der Waals surface area contributed by atoms with Crippen molar-refractivity contribution < 1.29 is 19.1 Å². The van der Waals surface area contributed by atoms with Crippen LogP contribution >= 0.6 is 0 Å². The van der Waals surface area contributed by atoms with Gasteiger partial charge in [-0.15, -0.1) is 5.10 Å². The van der Waals surface area contributed by atoms with E-state index < -0.39 is 29.9 Å². The zero-order valence-electron chi connectivity index (χ0n) is 11.9. The minimum atomic E-state index is -0.965. The number of carbonyl (C=O) groups is 3. The topological polar surface area (TPSA) is 129 Å². The predicted molar refractivity (Wildman–Crippen MR) is 70.5 cm³/mol. The Hall–Kier alpha value is -2.65. The molecule has 0 radical (unpaired) electrons. The molecule has 10 heteroatoms. The largest absolute Gasteiger partial charge is 0.466 e. The number of amides is 4. The maximum Gasteiger partial charge on any atom is 0.336 e. The molecule has 2 rings (SSSR count). The summed E-state index contributed by atoms with van der Waals surface area (Å²) in [7, 11) is 1.38. The Balaban J connectivity index is 1.99. The van der Waals surface area contributed by atoms with Crippen LogP contribution in [-0.4, -0.2) is 57.1 Å². The monoisotopic (exact) mass is 296 g/mol. The lowest BCUT2D eigenvalue weighted by Crippen LogP contribution is -2.44. The molecule has 4 amide bonds. The van der Waals surface area contributed by atoms with Crippen LogP contribution in [0.15, 0.2) is 0 Å². The van der Waals surface area contributed by atoms with E-state index in [1.807, 2.05) is 0 Å². The molecule has 114 valence electrons. The summed E-state index contributed by atoms with van der Waals surface area (Å²) in [5, 5.41) is 11.0. The molecule has 1 aliphatic rings. The quantitative estimate of drug-likeness (QED) is 0.626. The normalized spacial score (nSPS) is 21.4. The summed E-state index contributed by atoms with van der Waals surface area (Å²) < 4.78 is 4.75. The van der Waals surface area contributed by atoms with Gasteiger partial charge in [-0.05, 0) is 13.3 Å². The second-order valence-corrected chi connectivity index (χ2v) is 4.73. The fourth-order valence-electron chi connectivity index (χ4n) is 1.84. The Morgan fingerprint density at radius 3 is 2.71 bits per heavy atom.